The number of nitrogens with zero attached hydrogens (tertiary/aromatic N) is 2. The molecule has 0 bridgehead atoms. The third-order valence-corrected chi connectivity index (χ3v) is 3.51. The number of halogens is 2. The smallest absolute Gasteiger partial charge is 0.357 e. The van der Waals surface area contributed by atoms with Crippen molar-refractivity contribution in [2.45, 2.75) is 0 Å². The minimum atomic E-state index is -3.52. The van der Waals surface area contributed by atoms with E-state index in [0.29, 0.717) is 4.47 Å². The first-order chi connectivity index (χ1) is 8.69. The van der Waals surface area contributed by atoms with Crippen molar-refractivity contribution in [2.24, 2.45) is 0 Å². The number of anilines is 1. The fourth-order valence-corrected chi connectivity index (χ4v) is 2.73. The van der Waals surface area contributed by atoms with Crippen molar-refractivity contribution in [3.8, 4) is 0 Å². The number of aromatic nitrogens is 2. The maximum absolute atomic E-state index is 11.3. The summed E-state index contributed by atoms with van der Waals surface area (Å²) in [5, 5.41) is 8.84. The zero-order chi connectivity index (χ0) is 14.4. The third kappa shape index (κ3) is 2.82. The Bertz CT molecular complexity index is 786. The molecule has 2 heterocycles. The second-order valence-corrected chi connectivity index (χ2v) is 6.72. The van der Waals surface area contributed by atoms with Crippen LogP contribution in [0.1, 0.15) is 10.5 Å². The van der Waals surface area contributed by atoms with E-state index in [1.807, 2.05) is 0 Å². The largest absolute Gasteiger partial charge is 0.476 e. The highest BCUT2D eigenvalue weighted by molar-refractivity contribution is 9.10. The monoisotopic (exact) mass is 367 g/mol. The van der Waals surface area contributed by atoms with Crippen LogP contribution in [0.5, 0.6) is 0 Å². The van der Waals surface area contributed by atoms with E-state index in [2.05, 4.69) is 25.6 Å². The van der Waals surface area contributed by atoms with Crippen molar-refractivity contribution in [2.75, 3.05) is 11.0 Å². The van der Waals surface area contributed by atoms with E-state index in [4.69, 9.17) is 16.7 Å². The first kappa shape index (κ1) is 14.1. The zero-order valence-corrected chi connectivity index (χ0v) is 12.5. The van der Waals surface area contributed by atoms with Gasteiger partial charge in [0.1, 0.15) is 5.15 Å². The molecular formula is C9H7BrClN3O4S. The predicted octanol–water partition coefficient (Wildman–Crippen LogP) is 1.82. The normalized spacial score (nSPS) is 11.7. The van der Waals surface area contributed by atoms with E-state index in [-0.39, 0.29) is 22.2 Å². The van der Waals surface area contributed by atoms with Crippen LogP contribution >= 0.6 is 27.5 Å². The average Bonchev–Trinajstić information content (AvgIpc) is 2.54. The topological polar surface area (TPSA) is 101 Å². The summed E-state index contributed by atoms with van der Waals surface area (Å²) >= 11 is 9.07. The minimum absolute atomic E-state index is 0.107. The van der Waals surface area contributed by atoms with Crippen LogP contribution in [-0.2, 0) is 10.0 Å². The Morgan fingerprint density at radius 1 is 1.58 bits per heavy atom. The van der Waals surface area contributed by atoms with Crippen LogP contribution in [0.2, 0.25) is 5.15 Å². The van der Waals surface area contributed by atoms with Gasteiger partial charge in [0.2, 0.25) is 10.0 Å². The highest BCUT2D eigenvalue weighted by Gasteiger charge is 2.20. The standard InChI is InChI=1S/C9H7BrClN3O4S/c1-19(17,18)13-5-2-4(10)3-14-7(11)6(9(15)16)12-8(5)14/h2-3,13H,1H3,(H,15,16). The van der Waals surface area contributed by atoms with Gasteiger partial charge in [-0.15, -0.1) is 0 Å². The van der Waals surface area contributed by atoms with E-state index in [9.17, 15) is 13.2 Å². The molecule has 0 amide bonds. The lowest BCUT2D eigenvalue weighted by Crippen LogP contribution is -2.10. The van der Waals surface area contributed by atoms with E-state index in [0.717, 1.165) is 6.26 Å². The lowest BCUT2D eigenvalue weighted by Gasteiger charge is -2.06. The molecule has 10 heteroatoms. The van der Waals surface area contributed by atoms with Gasteiger partial charge in [-0.05, 0) is 22.0 Å². The molecule has 0 aromatic carbocycles. The summed E-state index contributed by atoms with van der Waals surface area (Å²) in [5.41, 5.74) is -0.112. The molecule has 2 aromatic rings. The summed E-state index contributed by atoms with van der Waals surface area (Å²) in [7, 11) is -3.52. The molecule has 2 N–H and O–H groups in total. The summed E-state index contributed by atoms with van der Waals surface area (Å²) in [6.07, 6.45) is 2.47. The van der Waals surface area contributed by atoms with Gasteiger partial charge in [-0.1, -0.05) is 11.6 Å². The Kier molecular flexibility index (Phi) is 3.45. The number of carboxylic acids is 1. The molecule has 19 heavy (non-hydrogen) atoms. The van der Waals surface area contributed by atoms with Gasteiger partial charge in [0.25, 0.3) is 0 Å². The summed E-state index contributed by atoms with van der Waals surface area (Å²) in [5.74, 6) is -1.30. The molecule has 0 aliphatic rings. The van der Waals surface area contributed by atoms with Crippen LogP contribution in [0.25, 0.3) is 5.65 Å². The van der Waals surface area contributed by atoms with Crippen LogP contribution in [0.4, 0.5) is 5.69 Å². The van der Waals surface area contributed by atoms with E-state index >= 15 is 0 Å². The molecule has 0 saturated carbocycles. The van der Waals surface area contributed by atoms with Gasteiger partial charge in [-0.2, -0.15) is 0 Å². The van der Waals surface area contributed by atoms with Gasteiger partial charge in [0.05, 0.1) is 11.9 Å². The molecule has 102 valence electrons. The quantitative estimate of drug-likeness (QED) is 0.860. The van der Waals surface area contributed by atoms with Crippen LogP contribution in [-0.4, -0.2) is 35.1 Å². The highest BCUT2D eigenvalue weighted by atomic mass is 79.9. The molecule has 0 fully saturated rings. The Labute approximate surface area is 121 Å². The van der Waals surface area contributed by atoms with Gasteiger partial charge in [-0.3, -0.25) is 9.12 Å². The Morgan fingerprint density at radius 3 is 2.74 bits per heavy atom. The zero-order valence-electron chi connectivity index (χ0n) is 9.39. The molecule has 0 spiro atoms. The van der Waals surface area contributed by atoms with Crippen molar-refractivity contribution in [3.05, 3.63) is 27.6 Å². The number of fused-ring (bicyclic) bond motifs is 1. The maximum Gasteiger partial charge on any atom is 0.357 e. The number of carboxylic acid groups (broad SMARTS) is 1. The number of sulfonamides is 1. The third-order valence-electron chi connectivity index (χ3n) is 2.13. The first-order valence-electron chi connectivity index (χ1n) is 4.77. The fraction of sp³-hybridized carbons (Fsp3) is 0.111. The Balaban J connectivity index is 2.78. The lowest BCUT2D eigenvalue weighted by atomic mass is 10.4. The van der Waals surface area contributed by atoms with Crippen molar-refractivity contribution < 1.29 is 18.3 Å². The van der Waals surface area contributed by atoms with Crippen LogP contribution in [0.15, 0.2) is 16.7 Å². The molecule has 0 unspecified atom stereocenters. The number of hydrogen-bond acceptors (Lipinski definition) is 4. The minimum Gasteiger partial charge on any atom is -0.476 e. The van der Waals surface area contributed by atoms with Crippen molar-refractivity contribution in [1.29, 1.82) is 0 Å². The van der Waals surface area contributed by atoms with Gasteiger partial charge in [0, 0.05) is 10.7 Å². The SMILES string of the molecule is CS(=O)(=O)Nc1cc(Br)cn2c(Cl)c(C(=O)O)nc12. The number of rotatable bonds is 3. The number of nitrogens with one attached hydrogen (secondary N) is 1. The van der Waals surface area contributed by atoms with Gasteiger partial charge in [0.15, 0.2) is 11.3 Å². The van der Waals surface area contributed by atoms with Crippen LogP contribution in [0.3, 0.4) is 0 Å². The lowest BCUT2D eigenvalue weighted by molar-refractivity contribution is 0.0691. The Hall–Kier alpha value is -1.32. The molecule has 0 aliphatic heterocycles. The van der Waals surface area contributed by atoms with Gasteiger partial charge >= 0.3 is 5.97 Å². The molecule has 0 aliphatic carbocycles. The molecule has 2 rings (SSSR count). The van der Waals surface area contributed by atoms with E-state index < -0.39 is 16.0 Å². The Morgan fingerprint density at radius 2 is 2.21 bits per heavy atom. The van der Waals surface area contributed by atoms with E-state index in [1.54, 1.807) is 0 Å². The van der Waals surface area contributed by atoms with Crippen LogP contribution in [0, 0.1) is 0 Å². The number of imidazole rings is 1. The molecular weight excluding hydrogens is 362 g/mol. The van der Waals surface area contributed by atoms with Crippen LogP contribution < -0.4 is 4.72 Å². The summed E-state index contributed by atoms with van der Waals surface area (Å²) in [6.45, 7) is 0. The second-order valence-electron chi connectivity index (χ2n) is 3.70. The number of aromatic carboxylic acids is 1. The predicted molar refractivity (Wildman–Crippen MR) is 73.3 cm³/mol. The average molecular weight is 369 g/mol. The van der Waals surface area contributed by atoms with Gasteiger partial charge < -0.3 is 5.11 Å². The summed E-state index contributed by atoms with van der Waals surface area (Å²) in [4.78, 5) is 14.8. The number of hydrogen-bond donors (Lipinski definition) is 2. The molecule has 0 saturated heterocycles. The van der Waals surface area contributed by atoms with Gasteiger partial charge in [-0.25, -0.2) is 18.2 Å². The molecule has 7 nitrogen and oxygen atoms in total. The number of pyridine rings is 1. The fourth-order valence-electron chi connectivity index (χ4n) is 1.49. The second kappa shape index (κ2) is 4.66. The van der Waals surface area contributed by atoms with Crippen molar-refractivity contribution in [3.63, 3.8) is 0 Å². The van der Waals surface area contributed by atoms with E-state index in [1.165, 1.54) is 16.7 Å². The summed E-state index contributed by atoms with van der Waals surface area (Å²) < 4.78 is 26.6. The first-order valence-corrected chi connectivity index (χ1v) is 7.83. The molecule has 0 radical (unpaired) electrons. The molecule has 0 atom stereocenters. The number of carbonyl (C=O) groups is 1. The maximum atomic E-state index is 11.3. The molecule has 2 aromatic heterocycles. The van der Waals surface area contributed by atoms with Crippen molar-refractivity contribution in [1.82, 2.24) is 9.38 Å². The van der Waals surface area contributed by atoms with Crippen molar-refractivity contribution >= 4 is 54.9 Å². The summed E-state index contributed by atoms with van der Waals surface area (Å²) in [6, 6.07) is 1.46. The highest BCUT2D eigenvalue weighted by Crippen LogP contribution is 2.27.